The highest BCUT2D eigenvalue weighted by molar-refractivity contribution is 5.93. The largest absolute Gasteiger partial charge is 0.477 e. The molecule has 29 heavy (non-hydrogen) atoms. The van der Waals surface area contributed by atoms with Crippen LogP contribution < -0.4 is 10.3 Å². The molecule has 0 amide bonds. The van der Waals surface area contributed by atoms with Crippen LogP contribution in [0.15, 0.2) is 17.1 Å². The van der Waals surface area contributed by atoms with Crippen molar-refractivity contribution >= 4 is 22.6 Å². The lowest BCUT2D eigenvalue weighted by Crippen LogP contribution is -2.44. The van der Waals surface area contributed by atoms with E-state index in [4.69, 9.17) is 4.74 Å². The van der Waals surface area contributed by atoms with Crippen LogP contribution in [0.1, 0.15) is 43.0 Å². The van der Waals surface area contributed by atoms with Gasteiger partial charge in [-0.3, -0.25) is 4.79 Å². The van der Waals surface area contributed by atoms with Crippen molar-refractivity contribution < 1.29 is 23.4 Å². The number of aromatic nitrogens is 1. The van der Waals surface area contributed by atoms with Gasteiger partial charge in [0, 0.05) is 32.4 Å². The first-order valence-corrected chi connectivity index (χ1v) is 9.98. The van der Waals surface area contributed by atoms with E-state index in [0.29, 0.717) is 19.7 Å². The molecule has 1 aromatic heterocycles. The fourth-order valence-corrected chi connectivity index (χ4v) is 4.68. The number of hydrogen-bond donors (Lipinski definition) is 1. The number of ether oxygens (including phenoxy) is 1. The lowest BCUT2D eigenvalue weighted by atomic mass is 9.74. The summed E-state index contributed by atoms with van der Waals surface area (Å²) in [6.45, 7) is 4.44. The number of rotatable bonds is 3. The van der Waals surface area contributed by atoms with Crippen molar-refractivity contribution in [1.82, 2.24) is 4.57 Å². The van der Waals surface area contributed by atoms with E-state index in [2.05, 4.69) is 0 Å². The predicted octanol–water partition coefficient (Wildman–Crippen LogP) is 3.39. The van der Waals surface area contributed by atoms with Gasteiger partial charge in [-0.05, 0) is 44.1 Å². The molecule has 4 rings (SSSR count). The number of carboxylic acids is 1. The molecule has 2 fully saturated rings. The molecule has 0 atom stereocenters. The van der Waals surface area contributed by atoms with Gasteiger partial charge < -0.3 is 19.3 Å². The smallest absolute Gasteiger partial charge is 0.341 e. The van der Waals surface area contributed by atoms with Crippen LogP contribution in [0.4, 0.5) is 14.5 Å². The van der Waals surface area contributed by atoms with Crippen molar-refractivity contribution in [2.24, 2.45) is 5.41 Å². The minimum Gasteiger partial charge on any atom is -0.477 e. The number of aromatic carboxylic acids is 1. The summed E-state index contributed by atoms with van der Waals surface area (Å²) >= 11 is 0. The molecule has 3 heterocycles. The number of fused-ring (bicyclic) bond motifs is 1. The molecule has 2 aliphatic rings. The maximum absolute atomic E-state index is 15.5. The first-order chi connectivity index (χ1) is 13.9. The maximum atomic E-state index is 15.5. The van der Waals surface area contributed by atoms with Gasteiger partial charge in [0.2, 0.25) is 5.43 Å². The quantitative estimate of drug-likeness (QED) is 0.846. The highest BCUT2D eigenvalue weighted by Crippen LogP contribution is 2.41. The molecule has 1 aromatic carbocycles. The number of carbonyl (C=O) groups is 1. The molecule has 156 valence electrons. The molecule has 0 unspecified atom stereocenters. The van der Waals surface area contributed by atoms with Gasteiger partial charge in [-0.1, -0.05) is 0 Å². The Balaban J connectivity index is 1.77. The summed E-state index contributed by atoms with van der Waals surface area (Å²) in [4.78, 5) is 25.5. The summed E-state index contributed by atoms with van der Waals surface area (Å²) in [6.07, 6.45) is 4.79. The summed E-state index contributed by atoms with van der Waals surface area (Å²) in [5.41, 5.74) is -1.49. The number of piperidine rings is 1. The molecule has 0 bridgehead atoms. The molecule has 2 aromatic rings. The summed E-state index contributed by atoms with van der Waals surface area (Å²) in [6, 6.07) is 0.975. The summed E-state index contributed by atoms with van der Waals surface area (Å²) < 4.78 is 37.4. The minimum atomic E-state index is -1.42. The number of carboxylic acid groups (broad SMARTS) is 1. The Hall–Kier alpha value is -2.48. The summed E-state index contributed by atoms with van der Waals surface area (Å²) in [7, 11) is 0. The number of pyridine rings is 1. The van der Waals surface area contributed by atoms with Crippen molar-refractivity contribution in [3.8, 4) is 0 Å². The van der Waals surface area contributed by atoms with Gasteiger partial charge in [-0.25, -0.2) is 13.6 Å². The van der Waals surface area contributed by atoms with Gasteiger partial charge in [0.1, 0.15) is 17.1 Å². The van der Waals surface area contributed by atoms with Gasteiger partial charge in [0.05, 0.1) is 17.5 Å². The third-order valence-electron chi connectivity index (χ3n) is 6.35. The number of hydrogen-bond acceptors (Lipinski definition) is 4. The van der Waals surface area contributed by atoms with Crippen LogP contribution in [-0.4, -0.2) is 41.9 Å². The Morgan fingerprint density at radius 3 is 2.59 bits per heavy atom. The monoisotopic (exact) mass is 406 g/mol. The fourth-order valence-electron chi connectivity index (χ4n) is 4.68. The summed E-state index contributed by atoms with van der Waals surface area (Å²) in [5, 5.41) is 8.99. The zero-order valence-corrected chi connectivity index (χ0v) is 16.3. The average molecular weight is 406 g/mol. The molecule has 1 spiro atoms. The molecule has 6 nitrogen and oxygen atoms in total. The number of aryl methyl sites for hydroxylation is 1. The van der Waals surface area contributed by atoms with Crippen LogP contribution in [-0.2, 0) is 11.3 Å². The highest BCUT2D eigenvalue weighted by atomic mass is 19.1. The molecule has 0 aliphatic carbocycles. The van der Waals surface area contributed by atoms with Gasteiger partial charge in [-0.2, -0.15) is 0 Å². The zero-order valence-electron chi connectivity index (χ0n) is 16.3. The Labute approximate surface area is 166 Å². The summed E-state index contributed by atoms with van der Waals surface area (Å²) in [5.74, 6) is -3.07. The number of nitrogens with zero attached hydrogens (tertiary/aromatic N) is 2. The van der Waals surface area contributed by atoms with Gasteiger partial charge in [0.25, 0.3) is 0 Å². The minimum absolute atomic E-state index is 0.0554. The lowest BCUT2D eigenvalue weighted by Gasteiger charge is -2.44. The molecular weight excluding hydrogens is 382 g/mol. The molecule has 1 N–H and O–H groups in total. The third kappa shape index (κ3) is 3.29. The molecule has 2 aliphatic heterocycles. The van der Waals surface area contributed by atoms with Crippen LogP contribution in [0.2, 0.25) is 0 Å². The van der Waals surface area contributed by atoms with E-state index >= 15 is 4.39 Å². The first kappa shape index (κ1) is 19.8. The van der Waals surface area contributed by atoms with E-state index in [9.17, 15) is 19.1 Å². The molecule has 0 saturated carbocycles. The van der Waals surface area contributed by atoms with Gasteiger partial charge >= 0.3 is 5.97 Å². The Kier molecular flexibility index (Phi) is 5.06. The molecule has 8 heteroatoms. The van der Waals surface area contributed by atoms with E-state index in [0.717, 1.165) is 44.6 Å². The zero-order chi connectivity index (χ0) is 20.8. The van der Waals surface area contributed by atoms with Crippen molar-refractivity contribution in [2.45, 2.75) is 39.2 Å². The normalized spacial score (nSPS) is 19.1. The van der Waals surface area contributed by atoms with Crippen LogP contribution >= 0.6 is 0 Å². The Bertz CT molecular complexity index is 1020. The lowest BCUT2D eigenvalue weighted by molar-refractivity contribution is -0.0210. The van der Waals surface area contributed by atoms with Crippen molar-refractivity contribution in [3.63, 3.8) is 0 Å². The SMILES string of the molecule is CCn1cc(C(=O)O)c(=O)c2cc(F)c(N3CCC4(CCCOC4)CC3)c(F)c21. The predicted molar refractivity (Wildman–Crippen MR) is 105 cm³/mol. The van der Waals surface area contributed by atoms with Crippen LogP contribution in [0, 0.1) is 17.0 Å². The standard InChI is InChI=1S/C21H24F2N2O4/c1-2-24-11-14(20(27)28)19(26)13-10-15(22)18(16(23)17(13)24)25-7-5-21(6-8-25)4-3-9-29-12-21/h10-11H,2-9,12H2,1H3,(H,27,28). The van der Waals surface area contributed by atoms with Crippen molar-refractivity contribution in [2.75, 3.05) is 31.2 Å². The van der Waals surface area contributed by atoms with E-state index in [-0.39, 0.29) is 28.6 Å². The van der Waals surface area contributed by atoms with Crippen molar-refractivity contribution in [3.05, 3.63) is 39.7 Å². The first-order valence-electron chi connectivity index (χ1n) is 9.98. The average Bonchev–Trinajstić information content (AvgIpc) is 2.70. The number of halogens is 2. The molecule has 2 saturated heterocycles. The van der Waals surface area contributed by atoms with Gasteiger partial charge in [0.15, 0.2) is 5.82 Å². The van der Waals surface area contributed by atoms with Gasteiger partial charge in [-0.15, -0.1) is 0 Å². The second kappa shape index (κ2) is 7.40. The second-order valence-corrected chi connectivity index (χ2v) is 8.02. The van der Waals surface area contributed by atoms with Crippen molar-refractivity contribution in [1.29, 1.82) is 0 Å². The van der Waals surface area contributed by atoms with Crippen LogP contribution in [0.5, 0.6) is 0 Å². The van der Waals surface area contributed by atoms with E-state index in [1.165, 1.54) is 4.57 Å². The molecular formula is C21H24F2N2O4. The second-order valence-electron chi connectivity index (χ2n) is 8.02. The number of anilines is 1. The maximum Gasteiger partial charge on any atom is 0.341 e. The van der Waals surface area contributed by atoms with E-state index in [1.54, 1.807) is 11.8 Å². The Morgan fingerprint density at radius 1 is 1.28 bits per heavy atom. The Morgan fingerprint density at radius 2 is 2.00 bits per heavy atom. The highest BCUT2D eigenvalue weighted by Gasteiger charge is 2.38. The fraction of sp³-hybridized carbons (Fsp3) is 0.524. The van der Waals surface area contributed by atoms with E-state index < -0.39 is 28.6 Å². The number of benzene rings is 1. The van der Waals surface area contributed by atoms with Crippen LogP contribution in [0.3, 0.4) is 0 Å². The van der Waals surface area contributed by atoms with E-state index in [1.807, 2.05) is 0 Å². The van der Waals surface area contributed by atoms with Crippen LogP contribution in [0.25, 0.3) is 10.9 Å². The third-order valence-corrected chi connectivity index (χ3v) is 6.35. The molecule has 0 radical (unpaired) electrons. The topological polar surface area (TPSA) is 71.8 Å².